The maximum absolute atomic E-state index is 14.6. The second-order valence-corrected chi connectivity index (χ2v) is 14.2. The number of ether oxygens (including phenoxy) is 4. The molecule has 0 aromatic carbocycles. The van der Waals surface area contributed by atoms with Crippen molar-refractivity contribution in [1.29, 1.82) is 0 Å². The zero-order valence-corrected chi connectivity index (χ0v) is 37.9. The van der Waals surface area contributed by atoms with Gasteiger partial charge >= 0.3 is 11.9 Å². The Balaban J connectivity index is 0.00000368. The predicted molar refractivity (Wildman–Crippen MR) is 156 cm³/mol. The first kappa shape index (κ1) is 43.0. The number of Topliss-reactive ketones (excluding diaryl/α,β-unsaturated/α-hetero) is 1. The van der Waals surface area contributed by atoms with Crippen molar-refractivity contribution in [3.8, 4) is 0 Å². The van der Waals surface area contributed by atoms with E-state index in [-0.39, 0.29) is 125 Å². The third-order valence-electron chi connectivity index (χ3n) is 10.4. The summed E-state index contributed by atoms with van der Waals surface area (Å²) < 4.78 is 23.4. The third kappa shape index (κ3) is 7.01. The van der Waals surface area contributed by atoms with Crippen LogP contribution in [0.25, 0.3) is 0 Å². The Kier molecular flexibility index (Phi) is 14.6. The fourth-order valence-corrected chi connectivity index (χ4v) is 8.28. The number of fused-ring (bicyclic) bond motifs is 5. The molecule has 46 heavy (non-hydrogen) atoms. The van der Waals surface area contributed by atoms with Gasteiger partial charge in [0.15, 0.2) is 11.9 Å². The van der Waals surface area contributed by atoms with Crippen LogP contribution in [-0.4, -0.2) is 117 Å². The monoisotopic (exact) mass is 1100 g/mol. The Bertz CT molecular complexity index is 1250. The summed E-state index contributed by atoms with van der Waals surface area (Å²) in [4.78, 5) is 51.9. The molecule has 0 spiro atoms. The van der Waals surface area contributed by atoms with Gasteiger partial charge in [0.05, 0.1) is 36.2 Å². The van der Waals surface area contributed by atoms with Crippen molar-refractivity contribution in [2.75, 3.05) is 18.8 Å². The number of carbonyl (C=O) groups excluding carboxylic acids is 4. The smallest absolute Gasteiger partial charge is 0.337 e. The van der Waals surface area contributed by atoms with E-state index in [1.807, 2.05) is 6.26 Å². The summed E-state index contributed by atoms with van der Waals surface area (Å²) in [5, 5.41) is 49.8. The summed E-state index contributed by atoms with van der Waals surface area (Å²) in [6, 6.07) is -1.01. The number of hydrogen-bond acceptors (Lipinski definition) is 13. The van der Waals surface area contributed by atoms with E-state index in [1.54, 1.807) is 27.7 Å². The molecule has 5 N–H and O–H groups in total. The van der Waals surface area contributed by atoms with Crippen molar-refractivity contribution >= 4 is 35.4 Å². The van der Waals surface area contributed by atoms with E-state index in [0.717, 1.165) is 6.92 Å². The number of rotatable bonds is 8. The van der Waals surface area contributed by atoms with E-state index in [2.05, 4.69) is 5.32 Å². The topological polar surface area (TPSA) is 198 Å². The second kappa shape index (κ2) is 15.6. The van der Waals surface area contributed by atoms with Crippen LogP contribution in [0.2, 0.25) is 0 Å². The zero-order chi connectivity index (χ0) is 33.2. The summed E-state index contributed by atoms with van der Waals surface area (Å²) >= 11 is 1.37. The van der Waals surface area contributed by atoms with Gasteiger partial charge in [-0.3, -0.25) is 14.4 Å². The van der Waals surface area contributed by atoms with Crippen molar-refractivity contribution in [2.45, 2.75) is 115 Å². The number of amides is 1. The van der Waals surface area contributed by atoms with E-state index >= 15 is 0 Å². The molecule has 4 rings (SSSR count). The summed E-state index contributed by atoms with van der Waals surface area (Å²) in [5.74, 6) is -4.20. The number of nitrogens with one attached hydrogen (secondary N) is 1. The quantitative estimate of drug-likeness (QED) is 0.124. The molecular weight excluding hydrogens is 1050 g/mol. The maximum atomic E-state index is 14.6. The molecule has 16 heteroatoms. The fourth-order valence-electron chi connectivity index (χ4n) is 7.98. The molecule has 1 saturated heterocycles. The van der Waals surface area contributed by atoms with E-state index in [9.17, 15) is 39.6 Å². The Morgan fingerprint density at radius 2 is 1.74 bits per heavy atom. The van der Waals surface area contributed by atoms with E-state index in [1.165, 1.54) is 25.6 Å². The molecule has 11 atom stereocenters. The first-order valence-corrected chi connectivity index (χ1v) is 16.1. The molecule has 1 aliphatic heterocycles. The van der Waals surface area contributed by atoms with Gasteiger partial charge in [-0.05, 0) is 38.2 Å². The molecule has 1 heterocycles. The molecule has 2 bridgehead atoms. The Morgan fingerprint density at radius 1 is 1.13 bits per heavy atom. The SMILES string of the molecule is CSCOC1CC2OC[C@@]2(O)[C@H]2[C@H](OC(C)=O)[C@]3(O)CC(OC(=O)[C@H](O)C(C)NC(C)=O)C(C)=C([C@@H](O)C(=O)[C@]12C)C3(C)C.[Ac].[Ac]. The van der Waals surface area contributed by atoms with Crippen molar-refractivity contribution < 1.29 is 147 Å². The molecule has 0 aromatic heterocycles. The molecule has 254 valence electrons. The summed E-state index contributed by atoms with van der Waals surface area (Å²) in [6.45, 7) is 9.88. The second-order valence-electron chi connectivity index (χ2n) is 13.4. The minimum Gasteiger partial charge on any atom is -0.459 e. The van der Waals surface area contributed by atoms with Crippen LogP contribution < -0.4 is 5.32 Å². The minimum atomic E-state index is -2.13. The number of thioether (sulfide) groups is 1. The van der Waals surface area contributed by atoms with Gasteiger partial charge in [0.1, 0.15) is 29.5 Å². The fraction of sp³-hybridized carbons (Fsp3) is 0.800. The number of aliphatic hydroxyl groups is 4. The van der Waals surface area contributed by atoms with Crippen LogP contribution in [0.15, 0.2) is 11.1 Å². The first-order valence-electron chi connectivity index (χ1n) is 14.7. The van der Waals surface area contributed by atoms with Crippen LogP contribution >= 0.6 is 11.8 Å². The summed E-state index contributed by atoms with van der Waals surface area (Å²) in [5.41, 5.74) is -6.64. The van der Waals surface area contributed by atoms with Crippen LogP contribution in [0.4, 0.5) is 0 Å². The van der Waals surface area contributed by atoms with Crippen molar-refractivity contribution in [3.05, 3.63) is 11.1 Å². The normalized spacial score (nSPS) is 38.9. The Hall–Kier alpha value is 0.813. The standard InChI is InChI=1S/C30H45NO12S.2Ac/c1-13-17(43-26(37)21(34)14(2)31-15(3)32)10-30(39)25(42-16(4)33)23-28(7,24(36)22(35)20(13)27(30,5)6)18(41-12-44-8)9-19-29(23,38)11-40-19;;/h14,17-19,21-23,25,34-35,38-39H,9-12H2,1-8H3,(H,31,32);;/t14?,17?,18?,19?,21-,22-,23+,25+,28-,29+,30-;;/m1../s1. The molecule has 4 unspecified atom stereocenters. The Morgan fingerprint density at radius 3 is 2.24 bits per heavy atom. The van der Waals surface area contributed by atoms with E-state index < -0.39 is 94.2 Å². The number of aliphatic hydroxyl groups excluding tert-OH is 2. The molecule has 0 aromatic rings. The van der Waals surface area contributed by atoms with Gasteiger partial charge in [-0.25, -0.2) is 4.79 Å². The van der Waals surface area contributed by atoms with Crippen molar-refractivity contribution in [1.82, 2.24) is 5.32 Å². The van der Waals surface area contributed by atoms with Gasteiger partial charge in [-0.2, -0.15) is 0 Å². The van der Waals surface area contributed by atoms with Gasteiger partial charge < -0.3 is 44.7 Å². The first-order chi connectivity index (χ1) is 20.3. The summed E-state index contributed by atoms with van der Waals surface area (Å²) in [6.07, 6.45) is -6.55. The van der Waals surface area contributed by atoms with E-state index in [4.69, 9.17) is 18.9 Å². The van der Waals surface area contributed by atoms with Gasteiger partial charge in [0.2, 0.25) is 5.91 Å². The molecule has 2 radical (unpaired) electrons. The van der Waals surface area contributed by atoms with Crippen LogP contribution in [0.3, 0.4) is 0 Å². The van der Waals surface area contributed by atoms with E-state index in [0.29, 0.717) is 0 Å². The summed E-state index contributed by atoms with van der Waals surface area (Å²) in [7, 11) is 0. The third-order valence-corrected chi connectivity index (χ3v) is 10.8. The molecular formula is C30H45Ac2NO12S. The number of carbonyl (C=O) groups is 4. The molecule has 3 aliphatic carbocycles. The number of esters is 2. The molecule has 2 saturated carbocycles. The van der Waals surface area contributed by atoms with Gasteiger partial charge in [-0.15, -0.1) is 11.8 Å². The molecule has 4 aliphatic rings. The number of ketones is 1. The van der Waals surface area contributed by atoms with Crippen LogP contribution in [-0.2, 0) is 38.1 Å². The maximum Gasteiger partial charge on any atom is 0.337 e. The van der Waals surface area contributed by atoms with Crippen LogP contribution in [0.1, 0.15) is 61.3 Å². The largest absolute Gasteiger partial charge is 0.459 e. The van der Waals surface area contributed by atoms with Crippen molar-refractivity contribution in [2.24, 2.45) is 16.7 Å². The number of hydrogen-bond donors (Lipinski definition) is 5. The predicted octanol–water partition coefficient (Wildman–Crippen LogP) is -0.00170. The minimum absolute atomic E-state index is 0. The van der Waals surface area contributed by atoms with Crippen LogP contribution in [0, 0.1) is 105 Å². The Labute approximate surface area is 345 Å². The van der Waals surface area contributed by atoms with Crippen LogP contribution in [0.5, 0.6) is 0 Å². The van der Waals surface area contributed by atoms with Gasteiger partial charge in [0.25, 0.3) is 0 Å². The molecule has 1 amide bonds. The average Bonchev–Trinajstić information content (AvgIpc) is 2.91. The average molecular weight is 1100 g/mol. The van der Waals surface area contributed by atoms with Gasteiger partial charge in [-0.1, -0.05) is 13.8 Å². The van der Waals surface area contributed by atoms with Gasteiger partial charge in [0, 0.05) is 126 Å². The van der Waals surface area contributed by atoms with Crippen molar-refractivity contribution in [3.63, 3.8) is 0 Å². The molecule has 13 nitrogen and oxygen atoms in total. The molecule has 3 fully saturated rings. The zero-order valence-electron chi connectivity index (χ0n) is 27.6.